The standard InChI is InChI=1S/C11H19B2O4/c1-6-8(12)10(15-4)11(16-5)9(14-3)7-17-13-2/h6-7H2,1-5H3/b10-8-,11-9-. The number of ether oxygens (including phenoxy) is 3. The Morgan fingerprint density at radius 2 is 1.65 bits per heavy atom. The molecule has 0 unspecified atom stereocenters. The molecule has 0 amide bonds. The van der Waals surface area contributed by atoms with E-state index in [-0.39, 0.29) is 6.61 Å². The summed E-state index contributed by atoms with van der Waals surface area (Å²) in [6, 6.07) is 0. The first kappa shape index (κ1) is 16.0. The Labute approximate surface area is 106 Å². The highest BCUT2D eigenvalue weighted by molar-refractivity contribution is 6.24. The fraction of sp³-hybridized carbons (Fsp3) is 0.636. The quantitative estimate of drug-likeness (QED) is 0.365. The van der Waals surface area contributed by atoms with Gasteiger partial charge >= 0.3 is 0 Å². The van der Waals surface area contributed by atoms with Gasteiger partial charge in [-0.3, -0.25) is 0 Å². The van der Waals surface area contributed by atoms with Crippen LogP contribution in [-0.4, -0.2) is 43.3 Å². The van der Waals surface area contributed by atoms with Gasteiger partial charge in [0.1, 0.15) is 7.85 Å². The lowest BCUT2D eigenvalue weighted by Crippen LogP contribution is -2.10. The van der Waals surface area contributed by atoms with Crippen LogP contribution in [0.3, 0.4) is 0 Å². The maximum atomic E-state index is 5.86. The molecule has 3 radical (unpaired) electrons. The van der Waals surface area contributed by atoms with Crippen molar-refractivity contribution >= 4 is 15.3 Å². The number of allylic oxidation sites excluding steroid dienone is 1. The van der Waals surface area contributed by atoms with Crippen LogP contribution in [0.4, 0.5) is 0 Å². The molecule has 6 heteroatoms. The Balaban J connectivity index is 5.29. The number of methoxy groups -OCH3 is 3. The average Bonchev–Trinajstić information content (AvgIpc) is 2.37. The van der Waals surface area contributed by atoms with Gasteiger partial charge in [0.05, 0.1) is 27.9 Å². The van der Waals surface area contributed by atoms with E-state index in [1.54, 1.807) is 21.4 Å². The van der Waals surface area contributed by atoms with Gasteiger partial charge in [0, 0.05) is 0 Å². The molecular weight excluding hydrogens is 218 g/mol. The summed E-state index contributed by atoms with van der Waals surface area (Å²) >= 11 is 0. The minimum absolute atomic E-state index is 0.264. The second kappa shape index (κ2) is 9.05. The second-order valence-corrected chi connectivity index (χ2v) is 3.12. The van der Waals surface area contributed by atoms with E-state index in [0.29, 0.717) is 29.2 Å². The van der Waals surface area contributed by atoms with E-state index in [1.807, 2.05) is 6.92 Å². The fourth-order valence-corrected chi connectivity index (χ4v) is 1.24. The molecule has 0 atom stereocenters. The zero-order valence-electron chi connectivity index (χ0n) is 11.2. The monoisotopic (exact) mass is 237 g/mol. The Kier molecular flexibility index (Phi) is 8.50. The third-order valence-corrected chi connectivity index (χ3v) is 2.17. The topological polar surface area (TPSA) is 36.9 Å². The molecule has 93 valence electrons. The van der Waals surface area contributed by atoms with Gasteiger partial charge in [-0.1, -0.05) is 19.2 Å². The molecule has 0 rings (SSSR count). The lowest BCUT2D eigenvalue weighted by molar-refractivity contribution is 0.161. The molecule has 0 saturated carbocycles. The van der Waals surface area contributed by atoms with Gasteiger partial charge in [0.25, 0.3) is 7.48 Å². The summed E-state index contributed by atoms with van der Waals surface area (Å²) in [7, 11) is 12.1. The van der Waals surface area contributed by atoms with Gasteiger partial charge in [-0.25, -0.2) is 0 Å². The SMILES string of the molecule is [B]/C(CC)=C(OC)/C(OC)=C(\CO[B]C)OC. The highest BCUT2D eigenvalue weighted by Gasteiger charge is 2.16. The molecule has 0 aromatic rings. The first-order valence-corrected chi connectivity index (χ1v) is 5.39. The van der Waals surface area contributed by atoms with Crippen LogP contribution in [0, 0.1) is 0 Å². The first-order valence-electron chi connectivity index (χ1n) is 5.39. The van der Waals surface area contributed by atoms with E-state index >= 15 is 0 Å². The number of hydrogen-bond donors (Lipinski definition) is 0. The largest absolute Gasteiger partial charge is 0.495 e. The van der Waals surface area contributed by atoms with Gasteiger partial charge in [-0.2, -0.15) is 0 Å². The summed E-state index contributed by atoms with van der Waals surface area (Å²) in [4.78, 5) is 0. The molecule has 0 N–H and O–H groups in total. The molecule has 0 bridgehead atoms. The van der Waals surface area contributed by atoms with E-state index in [9.17, 15) is 0 Å². The van der Waals surface area contributed by atoms with Crippen LogP contribution in [0.5, 0.6) is 0 Å². The van der Waals surface area contributed by atoms with Crippen molar-refractivity contribution in [2.75, 3.05) is 27.9 Å². The highest BCUT2D eigenvalue weighted by atomic mass is 16.5. The molecule has 0 spiro atoms. The number of hydrogen-bond acceptors (Lipinski definition) is 4. The zero-order chi connectivity index (χ0) is 13.3. The van der Waals surface area contributed by atoms with Crippen LogP contribution < -0.4 is 0 Å². The molecule has 0 heterocycles. The van der Waals surface area contributed by atoms with Crippen LogP contribution in [0.15, 0.2) is 22.7 Å². The van der Waals surface area contributed by atoms with Crippen LogP contribution in [-0.2, 0) is 18.9 Å². The Hall–Kier alpha value is -1.03. The van der Waals surface area contributed by atoms with Crippen molar-refractivity contribution in [1.29, 1.82) is 0 Å². The Morgan fingerprint density at radius 3 is 2.00 bits per heavy atom. The summed E-state index contributed by atoms with van der Waals surface area (Å²) in [6.45, 7) is 3.98. The van der Waals surface area contributed by atoms with Crippen LogP contribution in [0.25, 0.3) is 0 Å². The van der Waals surface area contributed by atoms with Crippen molar-refractivity contribution in [3.8, 4) is 0 Å². The molecule has 0 aliphatic heterocycles. The molecular formula is C11H19B2O4. The van der Waals surface area contributed by atoms with E-state index in [0.717, 1.165) is 0 Å². The van der Waals surface area contributed by atoms with Crippen molar-refractivity contribution in [1.82, 2.24) is 0 Å². The lowest BCUT2D eigenvalue weighted by atomic mass is 9.91. The summed E-state index contributed by atoms with van der Waals surface area (Å²) < 4.78 is 20.9. The maximum Gasteiger partial charge on any atom is 0.289 e. The summed E-state index contributed by atoms with van der Waals surface area (Å²) in [5.41, 5.74) is 0.597. The number of rotatable bonds is 8. The molecule has 0 saturated heterocycles. The summed E-state index contributed by atoms with van der Waals surface area (Å²) in [5.74, 6) is 1.46. The highest BCUT2D eigenvalue weighted by Crippen LogP contribution is 2.21. The second-order valence-electron chi connectivity index (χ2n) is 3.12. The predicted molar refractivity (Wildman–Crippen MR) is 68.7 cm³/mol. The van der Waals surface area contributed by atoms with E-state index in [1.165, 1.54) is 14.2 Å². The van der Waals surface area contributed by atoms with Crippen LogP contribution in [0.2, 0.25) is 6.82 Å². The van der Waals surface area contributed by atoms with Gasteiger partial charge in [0.15, 0.2) is 17.3 Å². The minimum atomic E-state index is 0.264. The van der Waals surface area contributed by atoms with Gasteiger partial charge in [0.2, 0.25) is 0 Å². The smallest absolute Gasteiger partial charge is 0.289 e. The van der Waals surface area contributed by atoms with Crippen molar-refractivity contribution < 1.29 is 18.9 Å². The van der Waals surface area contributed by atoms with E-state index in [2.05, 4.69) is 0 Å². The third-order valence-electron chi connectivity index (χ3n) is 2.17. The van der Waals surface area contributed by atoms with Crippen molar-refractivity contribution in [2.24, 2.45) is 0 Å². The summed E-state index contributed by atoms with van der Waals surface area (Å²) in [5, 5.41) is 0. The van der Waals surface area contributed by atoms with Crippen molar-refractivity contribution in [2.45, 2.75) is 20.2 Å². The molecule has 0 aliphatic rings. The average molecular weight is 237 g/mol. The molecule has 17 heavy (non-hydrogen) atoms. The normalized spacial score (nSPS) is 13.5. The Morgan fingerprint density at radius 1 is 1.06 bits per heavy atom. The van der Waals surface area contributed by atoms with Crippen LogP contribution in [0.1, 0.15) is 13.3 Å². The zero-order valence-corrected chi connectivity index (χ0v) is 11.2. The molecule has 4 nitrogen and oxygen atoms in total. The molecule has 0 aliphatic carbocycles. The van der Waals surface area contributed by atoms with E-state index < -0.39 is 0 Å². The van der Waals surface area contributed by atoms with Crippen molar-refractivity contribution in [3.05, 3.63) is 22.7 Å². The first-order chi connectivity index (χ1) is 8.15. The predicted octanol–water partition coefficient (Wildman–Crippen LogP) is 1.61. The lowest BCUT2D eigenvalue weighted by Gasteiger charge is -2.17. The summed E-state index contributed by atoms with van der Waals surface area (Å²) in [6.07, 6.45) is 0.661. The van der Waals surface area contributed by atoms with Gasteiger partial charge < -0.3 is 18.9 Å². The minimum Gasteiger partial charge on any atom is -0.495 e. The maximum absolute atomic E-state index is 5.86. The van der Waals surface area contributed by atoms with Crippen LogP contribution >= 0.6 is 0 Å². The van der Waals surface area contributed by atoms with Gasteiger partial charge in [-0.05, 0) is 6.42 Å². The van der Waals surface area contributed by atoms with Crippen molar-refractivity contribution in [3.63, 3.8) is 0 Å². The molecule has 0 fully saturated rings. The van der Waals surface area contributed by atoms with Gasteiger partial charge in [-0.15, -0.1) is 0 Å². The Bertz CT molecular complexity index is 287. The third kappa shape index (κ3) is 4.77. The fourth-order valence-electron chi connectivity index (χ4n) is 1.24. The molecule has 0 aromatic carbocycles. The van der Waals surface area contributed by atoms with E-state index in [4.69, 9.17) is 26.7 Å². The molecule has 0 aromatic heterocycles.